The molecule has 0 aromatic heterocycles. The maximum atomic E-state index is 11.5. The van der Waals surface area contributed by atoms with E-state index in [0.717, 1.165) is 0 Å². The van der Waals surface area contributed by atoms with Crippen LogP contribution in [0.4, 0.5) is 0 Å². The van der Waals surface area contributed by atoms with Crippen LogP contribution >= 0.6 is 0 Å². The molecule has 1 saturated heterocycles. The van der Waals surface area contributed by atoms with E-state index in [1.54, 1.807) is 0 Å². The van der Waals surface area contributed by atoms with E-state index in [1.165, 1.54) is 4.90 Å². The third-order valence-corrected chi connectivity index (χ3v) is 2.04. The Labute approximate surface area is 78.1 Å². The molecule has 1 aliphatic rings. The predicted molar refractivity (Wildman–Crippen MR) is 48.8 cm³/mol. The van der Waals surface area contributed by atoms with Gasteiger partial charge in [0.1, 0.15) is 0 Å². The van der Waals surface area contributed by atoms with Crippen LogP contribution in [-0.4, -0.2) is 29.3 Å². The zero-order valence-electron chi connectivity index (χ0n) is 8.12. The van der Waals surface area contributed by atoms with Crippen molar-refractivity contribution >= 4 is 11.8 Å². The molecule has 1 unspecified atom stereocenters. The van der Waals surface area contributed by atoms with Crippen molar-refractivity contribution in [1.82, 2.24) is 4.90 Å². The number of hydrogen-bond donors (Lipinski definition) is 1. The number of hydrogen-bond acceptors (Lipinski definition) is 3. The van der Waals surface area contributed by atoms with E-state index >= 15 is 0 Å². The van der Waals surface area contributed by atoms with Crippen molar-refractivity contribution in [2.45, 2.75) is 32.7 Å². The number of carbonyl (C=O) groups excluding carboxylic acids is 2. The summed E-state index contributed by atoms with van der Waals surface area (Å²) in [5.41, 5.74) is 5.57. The van der Waals surface area contributed by atoms with Crippen LogP contribution in [0.5, 0.6) is 0 Å². The average molecular weight is 184 g/mol. The Morgan fingerprint density at radius 2 is 2.31 bits per heavy atom. The second kappa shape index (κ2) is 3.87. The summed E-state index contributed by atoms with van der Waals surface area (Å²) in [6.07, 6.45) is 0.738. The second-order valence-electron chi connectivity index (χ2n) is 3.96. The van der Waals surface area contributed by atoms with E-state index < -0.39 is 0 Å². The third-order valence-electron chi connectivity index (χ3n) is 2.04. The summed E-state index contributed by atoms with van der Waals surface area (Å²) in [5.74, 6) is 0.0724. The third kappa shape index (κ3) is 2.52. The fraction of sp³-hybridized carbons (Fsp3) is 0.778. The molecule has 13 heavy (non-hydrogen) atoms. The fourth-order valence-corrected chi connectivity index (χ4v) is 1.44. The zero-order valence-corrected chi connectivity index (χ0v) is 8.12. The SMILES string of the molecule is CC(C)CC(=O)N1CC(N)CC1=O. The molecule has 0 radical (unpaired) electrons. The van der Waals surface area contributed by atoms with Gasteiger partial charge < -0.3 is 5.73 Å². The fourth-order valence-electron chi connectivity index (χ4n) is 1.44. The first kappa shape index (κ1) is 10.2. The topological polar surface area (TPSA) is 63.4 Å². The molecule has 1 rings (SSSR count). The number of likely N-dealkylation sites (tertiary alicyclic amines) is 1. The van der Waals surface area contributed by atoms with E-state index in [1.807, 2.05) is 13.8 Å². The van der Waals surface area contributed by atoms with Crippen LogP contribution in [0.25, 0.3) is 0 Å². The Morgan fingerprint density at radius 1 is 1.69 bits per heavy atom. The van der Waals surface area contributed by atoms with Crippen LogP contribution < -0.4 is 5.73 Å². The minimum Gasteiger partial charge on any atom is -0.326 e. The Balaban J connectivity index is 2.52. The van der Waals surface area contributed by atoms with Crippen molar-refractivity contribution in [3.8, 4) is 0 Å². The zero-order chi connectivity index (χ0) is 10.0. The lowest BCUT2D eigenvalue weighted by Crippen LogP contribution is -2.34. The van der Waals surface area contributed by atoms with Gasteiger partial charge in [-0.05, 0) is 5.92 Å². The van der Waals surface area contributed by atoms with Crippen LogP contribution in [0.1, 0.15) is 26.7 Å². The van der Waals surface area contributed by atoms with Gasteiger partial charge in [0, 0.05) is 25.4 Å². The standard InChI is InChI=1S/C9H16N2O2/c1-6(2)3-8(12)11-5-7(10)4-9(11)13/h6-7H,3-5,10H2,1-2H3. The van der Waals surface area contributed by atoms with Crippen LogP contribution in [0.3, 0.4) is 0 Å². The van der Waals surface area contributed by atoms with E-state index in [9.17, 15) is 9.59 Å². The smallest absolute Gasteiger partial charge is 0.230 e. The number of nitrogens with zero attached hydrogens (tertiary/aromatic N) is 1. The molecule has 0 aromatic carbocycles. The molecule has 0 spiro atoms. The molecule has 74 valence electrons. The summed E-state index contributed by atoms with van der Waals surface area (Å²) < 4.78 is 0. The lowest BCUT2D eigenvalue weighted by Gasteiger charge is -2.14. The molecule has 0 bridgehead atoms. The van der Waals surface area contributed by atoms with Crippen molar-refractivity contribution in [3.05, 3.63) is 0 Å². The number of carbonyl (C=O) groups is 2. The largest absolute Gasteiger partial charge is 0.326 e. The van der Waals surface area contributed by atoms with E-state index in [0.29, 0.717) is 19.4 Å². The Bertz CT molecular complexity index is 226. The van der Waals surface area contributed by atoms with Crippen LogP contribution in [0.15, 0.2) is 0 Å². The molecular weight excluding hydrogens is 168 g/mol. The Kier molecular flexibility index (Phi) is 3.03. The summed E-state index contributed by atoms with van der Waals surface area (Å²) in [6.45, 7) is 4.31. The molecule has 2 N–H and O–H groups in total. The highest BCUT2D eigenvalue weighted by molar-refractivity contribution is 5.97. The highest BCUT2D eigenvalue weighted by atomic mass is 16.2. The van der Waals surface area contributed by atoms with Gasteiger partial charge in [-0.2, -0.15) is 0 Å². The van der Waals surface area contributed by atoms with Gasteiger partial charge >= 0.3 is 0 Å². The summed E-state index contributed by atoms with van der Waals surface area (Å²) in [6, 6.07) is -0.163. The van der Waals surface area contributed by atoms with Gasteiger partial charge in [0.05, 0.1) is 0 Å². The Hall–Kier alpha value is -0.900. The minimum absolute atomic E-state index is 0.0899. The quantitative estimate of drug-likeness (QED) is 0.663. The molecule has 1 atom stereocenters. The monoisotopic (exact) mass is 184 g/mol. The first-order chi connectivity index (χ1) is 6.00. The molecule has 0 aromatic rings. The summed E-state index contributed by atoms with van der Waals surface area (Å²) >= 11 is 0. The summed E-state index contributed by atoms with van der Waals surface area (Å²) in [5, 5.41) is 0. The second-order valence-corrected chi connectivity index (χ2v) is 3.96. The first-order valence-electron chi connectivity index (χ1n) is 4.59. The van der Waals surface area contributed by atoms with Gasteiger partial charge in [0.15, 0.2) is 0 Å². The van der Waals surface area contributed by atoms with Crippen molar-refractivity contribution in [1.29, 1.82) is 0 Å². The van der Waals surface area contributed by atoms with Crippen molar-refractivity contribution in [2.24, 2.45) is 11.7 Å². The molecule has 4 nitrogen and oxygen atoms in total. The minimum atomic E-state index is -0.163. The van der Waals surface area contributed by atoms with Gasteiger partial charge in [0.2, 0.25) is 11.8 Å². The summed E-state index contributed by atoms with van der Waals surface area (Å²) in [7, 11) is 0. The van der Waals surface area contributed by atoms with Crippen LogP contribution in [0, 0.1) is 5.92 Å². The summed E-state index contributed by atoms with van der Waals surface area (Å²) in [4.78, 5) is 24.0. The van der Waals surface area contributed by atoms with Gasteiger partial charge in [-0.3, -0.25) is 14.5 Å². The van der Waals surface area contributed by atoms with Gasteiger partial charge in [-0.1, -0.05) is 13.8 Å². The van der Waals surface area contributed by atoms with Crippen LogP contribution in [0.2, 0.25) is 0 Å². The highest BCUT2D eigenvalue weighted by Gasteiger charge is 2.31. The normalized spacial score (nSPS) is 22.9. The lowest BCUT2D eigenvalue weighted by molar-refractivity contribution is -0.142. The predicted octanol–water partition coefficient (Wildman–Crippen LogP) is 0.119. The molecule has 0 aliphatic carbocycles. The molecule has 0 saturated carbocycles. The molecule has 1 aliphatic heterocycles. The molecule has 2 amide bonds. The number of imide groups is 1. The molecule has 1 fully saturated rings. The molecule has 4 heteroatoms. The van der Waals surface area contributed by atoms with Crippen molar-refractivity contribution < 1.29 is 9.59 Å². The Morgan fingerprint density at radius 3 is 2.69 bits per heavy atom. The number of amides is 2. The van der Waals surface area contributed by atoms with E-state index in [-0.39, 0.29) is 23.8 Å². The van der Waals surface area contributed by atoms with E-state index in [4.69, 9.17) is 5.73 Å². The van der Waals surface area contributed by atoms with Crippen LogP contribution in [-0.2, 0) is 9.59 Å². The first-order valence-corrected chi connectivity index (χ1v) is 4.59. The number of rotatable bonds is 2. The van der Waals surface area contributed by atoms with Gasteiger partial charge in [-0.15, -0.1) is 0 Å². The van der Waals surface area contributed by atoms with Gasteiger partial charge in [0.25, 0.3) is 0 Å². The lowest BCUT2D eigenvalue weighted by atomic mass is 10.1. The maximum Gasteiger partial charge on any atom is 0.230 e. The van der Waals surface area contributed by atoms with Crippen molar-refractivity contribution in [2.75, 3.05) is 6.54 Å². The molecule has 1 heterocycles. The number of nitrogens with two attached hydrogens (primary N) is 1. The van der Waals surface area contributed by atoms with Crippen molar-refractivity contribution in [3.63, 3.8) is 0 Å². The van der Waals surface area contributed by atoms with Gasteiger partial charge in [-0.25, -0.2) is 0 Å². The highest BCUT2D eigenvalue weighted by Crippen LogP contribution is 2.12. The molecular formula is C9H16N2O2. The maximum absolute atomic E-state index is 11.5. The average Bonchev–Trinajstić information content (AvgIpc) is 2.28. The van der Waals surface area contributed by atoms with E-state index in [2.05, 4.69) is 0 Å².